The molecule has 0 heterocycles. The Bertz CT molecular complexity index is 161. The zero-order valence-corrected chi connectivity index (χ0v) is 12.4. The van der Waals surface area contributed by atoms with Gasteiger partial charge >= 0.3 is 0 Å². The minimum Gasteiger partial charge on any atom is -0.176 e. The highest BCUT2D eigenvalue weighted by Gasteiger charge is 2.31. The first-order chi connectivity index (χ1) is 6.85. The van der Waals surface area contributed by atoms with Gasteiger partial charge in [-0.2, -0.15) is 12.6 Å². The van der Waals surface area contributed by atoms with E-state index in [1.165, 1.54) is 25.7 Å². The van der Waals surface area contributed by atoms with Crippen LogP contribution in [0.15, 0.2) is 0 Å². The molecule has 0 amide bonds. The van der Waals surface area contributed by atoms with Crippen LogP contribution in [0.3, 0.4) is 0 Å². The summed E-state index contributed by atoms with van der Waals surface area (Å²) >= 11 is 4.74. The monoisotopic (exact) mass is 230 g/mol. The van der Waals surface area contributed by atoms with Gasteiger partial charge in [0.25, 0.3) is 0 Å². The van der Waals surface area contributed by atoms with Gasteiger partial charge in [-0.3, -0.25) is 0 Å². The van der Waals surface area contributed by atoms with Crippen LogP contribution in [0.4, 0.5) is 0 Å². The summed E-state index contributed by atoms with van der Waals surface area (Å²) in [6.07, 6.45) is 5.12. The molecule has 0 aliphatic heterocycles. The number of hydrogen-bond acceptors (Lipinski definition) is 1. The molecule has 15 heavy (non-hydrogen) atoms. The van der Waals surface area contributed by atoms with Crippen LogP contribution in [-0.2, 0) is 0 Å². The van der Waals surface area contributed by atoms with Gasteiger partial charge in [0.05, 0.1) is 0 Å². The van der Waals surface area contributed by atoms with Crippen molar-refractivity contribution in [1.29, 1.82) is 0 Å². The first-order valence-corrected chi connectivity index (χ1v) is 7.04. The summed E-state index contributed by atoms with van der Waals surface area (Å²) in [7, 11) is 0. The molecule has 0 aliphatic rings. The second kappa shape index (κ2) is 6.83. The summed E-state index contributed by atoms with van der Waals surface area (Å²) < 4.78 is 0. The van der Waals surface area contributed by atoms with Gasteiger partial charge in [-0.05, 0) is 30.1 Å². The Labute approximate surface area is 103 Å². The highest BCUT2D eigenvalue weighted by Crippen LogP contribution is 2.39. The molecule has 0 aliphatic carbocycles. The van der Waals surface area contributed by atoms with E-state index in [-0.39, 0.29) is 0 Å². The Morgan fingerprint density at radius 3 is 1.93 bits per heavy atom. The molecular formula is C14H30S. The van der Waals surface area contributed by atoms with Gasteiger partial charge in [0.15, 0.2) is 0 Å². The van der Waals surface area contributed by atoms with Crippen LogP contribution in [0.2, 0.25) is 0 Å². The molecule has 0 bridgehead atoms. The standard InChI is InChI=1S/C14H30S/c1-7-12(13(15)8-2)14(5,6)10-9-11(3)4/h11-13,15H,7-10H2,1-6H3. The molecule has 0 fully saturated rings. The minimum atomic E-state index is 0.446. The van der Waals surface area contributed by atoms with E-state index in [1.54, 1.807) is 0 Å². The third-order valence-electron chi connectivity index (χ3n) is 3.69. The van der Waals surface area contributed by atoms with Gasteiger partial charge < -0.3 is 0 Å². The van der Waals surface area contributed by atoms with Crippen LogP contribution in [0.5, 0.6) is 0 Å². The van der Waals surface area contributed by atoms with Crippen LogP contribution < -0.4 is 0 Å². The number of thiol groups is 1. The molecule has 1 heteroatoms. The van der Waals surface area contributed by atoms with Gasteiger partial charge in [0.1, 0.15) is 0 Å². The maximum Gasteiger partial charge on any atom is 0.00474 e. The van der Waals surface area contributed by atoms with Crippen molar-refractivity contribution in [3.8, 4) is 0 Å². The lowest BCUT2D eigenvalue weighted by molar-refractivity contribution is 0.171. The molecular weight excluding hydrogens is 200 g/mol. The first kappa shape index (κ1) is 15.3. The van der Waals surface area contributed by atoms with Crippen molar-refractivity contribution in [3.63, 3.8) is 0 Å². The van der Waals surface area contributed by atoms with Crippen LogP contribution >= 0.6 is 12.6 Å². The minimum absolute atomic E-state index is 0.446. The van der Waals surface area contributed by atoms with E-state index in [0.717, 1.165) is 11.8 Å². The molecule has 0 N–H and O–H groups in total. The van der Waals surface area contributed by atoms with Crippen LogP contribution in [0, 0.1) is 17.3 Å². The van der Waals surface area contributed by atoms with E-state index >= 15 is 0 Å². The van der Waals surface area contributed by atoms with E-state index in [1.807, 2.05) is 0 Å². The zero-order chi connectivity index (χ0) is 12.1. The van der Waals surface area contributed by atoms with Crippen LogP contribution in [0.1, 0.15) is 67.2 Å². The van der Waals surface area contributed by atoms with Gasteiger partial charge in [-0.1, -0.05) is 54.4 Å². The molecule has 0 saturated heterocycles. The fraction of sp³-hybridized carbons (Fsp3) is 1.00. The highest BCUT2D eigenvalue weighted by molar-refractivity contribution is 7.81. The van der Waals surface area contributed by atoms with Crippen molar-refractivity contribution in [1.82, 2.24) is 0 Å². The molecule has 0 nitrogen and oxygen atoms in total. The van der Waals surface area contributed by atoms with Gasteiger partial charge in [0.2, 0.25) is 0 Å². The quantitative estimate of drug-likeness (QED) is 0.572. The Balaban J connectivity index is 4.36. The first-order valence-electron chi connectivity index (χ1n) is 6.53. The Morgan fingerprint density at radius 1 is 1.07 bits per heavy atom. The van der Waals surface area contributed by atoms with E-state index in [0.29, 0.717) is 10.7 Å². The van der Waals surface area contributed by atoms with Crippen LogP contribution in [0.25, 0.3) is 0 Å². The Morgan fingerprint density at radius 2 is 1.60 bits per heavy atom. The maximum atomic E-state index is 4.74. The zero-order valence-electron chi connectivity index (χ0n) is 11.5. The molecule has 0 saturated carbocycles. The molecule has 2 unspecified atom stereocenters. The summed E-state index contributed by atoms with van der Waals surface area (Å²) in [5.41, 5.74) is 0.446. The fourth-order valence-corrected chi connectivity index (χ4v) is 3.09. The largest absolute Gasteiger partial charge is 0.176 e. The summed E-state index contributed by atoms with van der Waals surface area (Å²) in [6, 6.07) is 0. The third kappa shape index (κ3) is 5.29. The lowest BCUT2D eigenvalue weighted by Crippen LogP contribution is -2.31. The second-order valence-electron chi connectivity index (χ2n) is 5.91. The third-order valence-corrected chi connectivity index (χ3v) is 4.42. The molecule has 0 aromatic rings. The fourth-order valence-electron chi connectivity index (χ4n) is 2.48. The summed E-state index contributed by atoms with van der Waals surface area (Å²) in [5, 5.41) is 0.567. The van der Waals surface area contributed by atoms with E-state index in [4.69, 9.17) is 12.6 Å². The van der Waals surface area contributed by atoms with E-state index < -0.39 is 0 Å². The molecule has 0 aromatic carbocycles. The van der Waals surface area contributed by atoms with Gasteiger partial charge in [0, 0.05) is 5.25 Å². The number of hydrogen-bond donors (Lipinski definition) is 1. The van der Waals surface area contributed by atoms with Crippen molar-refractivity contribution >= 4 is 12.6 Å². The van der Waals surface area contributed by atoms with E-state index in [9.17, 15) is 0 Å². The predicted octanol–water partition coefficient (Wildman–Crippen LogP) is 5.18. The van der Waals surface area contributed by atoms with Crippen molar-refractivity contribution in [2.75, 3.05) is 0 Å². The SMILES string of the molecule is CCC(S)C(CC)C(C)(C)CCC(C)C. The topological polar surface area (TPSA) is 0 Å². The lowest BCUT2D eigenvalue weighted by atomic mass is 9.71. The molecule has 2 atom stereocenters. The Kier molecular flexibility index (Phi) is 6.99. The molecule has 0 rings (SSSR count). The summed E-state index contributed by atoms with van der Waals surface area (Å²) in [4.78, 5) is 0. The molecule has 92 valence electrons. The normalized spacial score (nSPS) is 16.8. The molecule has 0 aromatic heterocycles. The average Bonchev–Trinajstić information content (AvgIpc) is 2.15. The van der Waals surface area contributed by atoms with Crippen molar-refractivity contribution < 1.29 is 0 Å². The smallest absolute Gasteiger partial charge is 0.00474 e. The summed E-state index contributed by atoms with van der Waals surface area (Å²) in [6.45, 7) is 14.0. The van der Waals surface area contributed by atoms with Crippen molar-refractivity contribution in [2.45, 2.75) is 72.5 Å². The van der Waals surface area contributed by atoms with Gasteiger partial charge in [-0.15, -0.1) is 0 Å². The van der Waals surface area contributed by atoms with Crippen molar-refractivity contribution in [2.24, 2.45) is 17.3 Å². The summed E-state index contributed by atoms with van der Waals surface area (Å²) in [5.74, 6) is 1.58. The Hall–Kier alpha value is 0.350. The maximum absolute atomic E-state index is 4.74. The highest BCUT2D eigenvalue weighted by atomic mass is 32.1. The second-order valence-corrected chi connectivity index (χ2v) is 6.57. The number of rotatable bonds is 7. The van der Waals surface area contributed by atoms with Crippen LogP contribution in [-0.4, -0.2) is 5.25 Å². The van der Waals surface area contributed by atoms with Crippen molar-refractivity contribution in [3.05, 3.63) is 0 Å². The van der Waals surface area contributed by atoms with E-state index in [2.05, 4.69) is 41.5 Å². The average molecular weight is 230 g/mol. The molecule has 0 radical (unpaired) electrons. The predicted molar refractivity (Wildman–Crippen MR) is 74.7 cm³/mol. The lowest BCUT2D eigenvalue weighted by Gasteiger charge is -2.38. The van der Waals surface area contributed by atoms with Gasteiger partial charge in [-0.25, -0.2) is 0 Å². The molecule has 0 spiro atoms.